The van der Waals surface area contributed by atoms with Crippen LogP contribution in [0.25, 0.3) is 0 Å². The molecule has 11 heteroatoms. The first kappa shape index (κ1) is 21.0. The third-order valence-corrected chi connectivity index (χ3v) is 3.71. The van der Waals surface area contributed by atoms with Gasteiger partial charge in [-0.3, -0.25) is 4.79 Å². The molecule has 2 rings (SSSR count). The van der Waals surface area contributed by atoms with E-state index in [1.165, 1.54) is 0 Å². The SMILES string of the molecule is O=C(COC(=O)c1cc(C(F)(F)F)cc(C(F)(F)F)c1)NC[C@H]1CCCO1. The van der Waals surface area contributed by atoms with Crippen molar-refractivity contribution in [2.45, 2.75) is 31.3 Å². The molecule has 0 aromatic heterocycles. The Hall–Kier alpha value is -2.30. The number of halogens is 6. The van der Waals surface area contributed by atoms with Crippen molar-refractivity contribution < 1.29 is 45.4 Å². The molecule has 1 aliphatic heterocycles. The van der Waals surface area contributed by atoms with E-state index in [2.05, 4.69) is 10.1 Å². The van der Waals surface area contributed by atoms with Crippen LogP contribution in [0.3, 0.4) is 0 Å². The van der Waals surface area contributed by atoms with Crippen LogP contribution in [0.5, 0.6) is 0 Å². The number of amides is 1. The van der Waals surface area contributed by atoms with Gasteiger partial charge in [-0.2, -0.15) is 26.3 Å². The van der Waals surface area contributed by atoms with Crippen LogP contribution < -0.4 is 5.32 Å². The molecule has 27 heavy (non-hydrogen) atoms. The van der Waals surface area contributed by atoms with Crippen molar-refractivity contribution in [2.75, 3.05) is 19.8 Å². The summed E-state index contributed by atoms with van der Waals surface area (Å²) in [6, 6.07) is 0.370. The predicted octanol–water partition coefficient (Wildman–Crippen LogP) is 3.18. The van der Waals surface area contributed by atoms with Gasteiger partial charge in [-0.1, -0.05) is 0 Å². The summed E-state index contributed by atoms with van der Waals surface area (Å²) in [5.74, 6) is -2.22. The Morgan fingerprint density at radius 2 is 1.67 bits per heavy atom. The van der Waals surface area contributed by atoms with Crippen LogP contribution in [0, 0.1) is 0 Å². The van der Waals surface area contributed by atoms with Gasteiger partial charge in [0, 0.05) is 13.2 Å². The molecule has 1 heterocycles. The van der Waals surface area contributed by atoms with E-state index >= 15 is 0 Å². The lowest BCUT2D eigenvalue weighted by Crippen LogP contribution is -2.34. The number of benzene rings is 1. The Morgan fingerprint density at radius 3 is 2.15 bits per heavy atom. The number of hydrogen-bond donors (Lipinski definition) is 1. The molecule has 1 saturated heterocycles. The first-order chi connectivity index (χ1) is 12.5. The highest BCUT2D eigenvalue weighted by Gasteiger charge is 2.37. The molecule has 1 aromatic rings. The molecule has 0 bridgehead atoms. The largest absolute Gasteiger partial charge is 0.452 e. The maximum absolute atomic E-state index is 12.8. The third-order valence-electron chi connectivity index (χ3n) is 3.71. The molecule has 150 valence electrons. The van der Waals surface area contributed by atoms with Gasteiger partial charge in [-0.15, -0.1) is 0 Å². The zero-order chi connectivity index (χ0) is 20.2. The lowest BCUT2D eigenvalue weighted by Gasteiger charge is -2.14. The number of ether oxygens (including phenoxy) is 2. The summed E-state index contributed by atoms with van der Waals surface area (Å²) in [6.45, 7) is -0.117. The van der Waals surface area contributed by atoms with Crippen LogP contribution in [-0.2, 0) is 26.6 Å². The van der Waals surface area contributed by atoms with E-state index in [0.717, 1.165) is 12.8 Å². The molecular weight excluding hydrogens is 384 g/mol. The van der Waals surface area contributed by atoms with Gasteiger partial charge in [0.25, 0.3) is 5.91 Å². The molecular formula is C16H15F6NO4. The summed E-state index contributed by atoms with van der Waals surface area (Å²) in [5, 5.41) is 2.40. The average molecular weight is 399 g/mol. The number of hydrogen-bond acceptors (Lipinski definition) is 4. The van der Waals surface area contributed by atoms with Gasteiger partial charge in [-0.25, -0.2) is 4.79 Å². The standard InChI is InChI=1S/C16H15F6NO4/c17-15(18,19)10-4-9(5-11(6-10)16(20,21)22)14(25)27-8-13(24)23-7-12-2-1-3-26-12/h4-6,12H,1-3,7-8H2,(H,23,24)/t12-/m1/s1. The van der Waals surface area contributed by atoms with Gasteiger partial charge >= 0.3 is 18.3 Å². The monoisotopic (exact) mass is 399 g/mol. The lowest BCUT2D eigenvalue weighted by atomic mass is 10.0. The minimum absolute atomic E-state index is 0.106. The maximum atomic E-state index is 12.8. The molecule has 1 aliphatic rings. The fourth-order valence-corrected chi connectivity index (χ4v) is 2.37. The summed E-state index contributed by atoms with van der Waals surface area (Å²) in [6.07, 6.45) is -8.77. The van der Waals surface area contributed by atoms with Crippen LogP contribution in [0.2, 0.25) is 0 Å². The first-order valence-electron chi connectivity index (χ1n) is 7.81. The van der Waals surface area contributed by atoms with Crippen molar-refractivity contribution in [1.29, 1.82) is 0 Å². The smallest absolute Gasteiger partial charge is 0.416 e. The molecule has 0 aliphatic carbocycles. The second kappa shape index (κ2) is 8.15. The van der Waals surface area contributed by atoms with E-state index in [-0.39, 0.29) is 30.8 Å². The Labute approximate surface area is 149 Å². The summed E-state index contributed by atoms with van der Waals surface area (Å²) in [7, 11) is 0. The maximum Gasteiger partial charge on any atom is 0.416 e. The molecule has 1 fully saturated rings. The Bertz CT molecular complexity index is 663. The van der Waals surface area contributed by atoms with E-state index in [1.54, 1.807) is 0 Å². The summed E-state index contributed by atoms with van der Waals surface area (Å²) >= 11 is 0. The number of rotatable bonds is 5. The number of carbonyl (C=O) groups is 2. The van der Waals surface area contributed by atoms with Gasteiger partial charge < -0.3 is 14.8 Å². The van der Waals surface area contributed by atoms with Crippen LogP contribution in [0.1, 0.15) is 34.3 Å². The Morgan fingerprint density at radius 1 is 1.07 bits per heavy atom. The highest BCUT2D eigenvalue weighted by atomic mass is 19.4. The number of esters is 1. The molecule has 0 radical (unpaired) electrons. The van der Waals surface area contributed by atoms with Gasteiger partial charge in [0.1, 0.15) is 0 Å². The Balaban J connectivity index is 2.02. The van der Waals surface area contributed by atoms with Gasteiger partial charge in [0.2, 0.25) is 0 Å². The van der Waals surface area contributed by atoms with Crippen molar-refractivity contribution in [3.8, 4) is 0 Å². The number of nitrogens with one attached hydrogen (secondary N) is 1. The van der Waals surface area contributed by atoms with Crippen molar-refractivity contribution >= 4 is 11.9 Å². The van der Waals surface area contributed by atoms with Gasteiger partial charge in [0.15, 0.2) is 6.61 Å². The molecule has 0 saturated carbocycles. The van der Waals surface area contributed by atoms with Crippen LogP contribution in [0.4, 0.5) is 26.3 Å². The van der Waals surface area contributed by atoms with E-state index in [1.807, 2.05) is 0 Å². The summed E-state index contributed by atoms with van der Waals surface area (Å²) in [5.41, 5.74) is -4.25. The van der Waals surface area contributed by atoms with Gasteiger partial charge in [-0.05, 0) is 31.0 Å². The minimum Gasteiger partial charge on any atom is -0.452 e. The van der Waals surface area contributed by atoms with Crippen LogP contribution in [0.15, 0.2) is 18.2 Å². The first-order valence-corrected chi connectivity index (χ1v) is 7.81. The quantitative estimate of drug-likeness (QED) is 0.610. The highest BCUT2D eigenvalue weighted by molar-refractivity contribution is 5.91. The molecule has 1 amide bonds. The third kappa shape index (κ3) is 6.12. The van der Waals surface area contributed by atoms with Crippen LogP contribution >= 0.6 is 0 Å². The highest BCUT2D eigenvalue weighted by Crippen LogP contribution is 2.36. The molecule has 1 N–H and O–H groups in total. The minimum atomic E-state index is -5.09. The Kier molecular flexibility index (Phi) is 6.34. The molecule has 5 nitrogen and oxygen atoms in total. The average Bonchev–Trinajstić information content (AvgIpc) is 3.09. The van der Waals surface area contributed by atoms with Crippen molar-refractivity contribution in [1.82, 2.24) is 5.32 Å². The van der Waals surface area contributed by atoms with E-state index in [9.17, 15) is 35.9 Å². The molecule has 1 atom stereocenters. The zero-order valence-electron chi connectivity index (χ0n) is 13.7. The fourth-order valence-electron chi connectivity index (χ4n) is 2.37. The second-order valence-electron chi connectivity index (χ2n) is 5.81. The summed E-state index contributed by atoms with van der Waals surface area (Å²) in [4.78, 5) is 23.4. The molecule has 0 spiro atoms. The van der Waals surface area contributed by atoms with Crippen LogP contribution in [-0.4, -0.2) is 37.7 Å². The van der Waals surface area contributed by atoms with E-state index in [4.69, 9.17) is 4.74 Å². The van der Waals surface area contributed by atoms with E-state index in [0.29, 0.717) is 6.61 Å². The van der Waals surface area contributed by atoms with Crippen molar-refractivity contribution in [3.63, 3.8) is 0 Å². The van der Waals surface area contributed by atoms with Crippen molar-refractivity contribution in [3.05, 3.63) is 34.9 Å². The lowest BCUT2D eigenvalue weighted by molar-refractivity contribution is -0.143. The topological polar surface area (TPSA) is 64.6 Å². The van der Waals surface area contributed by atoms with Crippen molar-refractivity contribution in [2.24, 2.45) is 0 Å². The molecule has 0 unspecified atom stereocenters. The summed E-state index contributed by atoms with van der Waals surface area (Å²) < 4.78 is 86.4. The normalized spacial score (nSPS) is 17.6. The second-order valence-corrected chi connectivity index (χ2v) is 5.81. The predicted molar refractivity (Wildman–Crippen MR) is 78.7 cm³/mol. The number of carbonyl (C=O) groups excluding carboxylic acids is 2. The molecule has 1 aromatic carbocycles. The van der Waals surface area contributed by atoms with E-state index < -0.39 is 47.5 Å². The van der Waals surface area contributed by atoms with Gasteiger partial charge in [0.05, 0.1) is 22.8 Å². The number of alkyl halides is 6. The fraction of sp³-hybridized carbons (Fsp3) is 0.500. The zero-order valence-corrected chi connectivity index (χ0v) is 13.7.